The van der Waals surface area contributed by atoms with Gasteiger partial charge in [-0.05, 0) is 93.5 Å². The summed E-state index contributed by atoms with van der Waals surface area (Å²) in [5.74, 6) is 1.78. The van der Waals surface area contributed by atoms with E-state index in [1.54, 1.807) is 12.3 Å². The Morgan fingerprint density at radius 2 is 0.825 bits per heavy atom. The van der Waals surface area contributed by atoms with Crippen LogP contribution in [-0.4, -0.2) is 19.9 Å². The second kappa shape index (κ2) is 14.3. The van der Waals surface area contributed by atoms with Gasteiger partial charge >= 0.3 is 0 Å². The molecule has 3 heterocycles. The summed E-state index contributed by atoms with van der Waals surface area (Å²) >= 11 is 0. The smallest absolute Gasteiger partial charge is 0.164 e. The molecule has 7 aromatic carbocycles. The van der Waals surface area contributed by atoms with Crippen molar-refractivity contribution in [2.45, 2.75) is 0 Å². The summed E-state index contributed by atoms with van der Waals surface area (Å²) in [6.45, 7) is 0. The molecule has 0 spiro atoms. The van der Waals surface area contributed by atoms with E-state index in [2.05, 4.69) is 114 Å². The summed E-state index contributed by atoms with van der Waals surface area (Å²) in [6.07, 6.45) is 3.66. The van der Waals surface area contributed by atoms with Gasteiger partial charge in [0, 0.05) is 45.4 Å². The number of nitriles is 1. The van der Waals surface area contributed by atoms with Gasteiger partial charge in [-0.2, -0.15) is 5.26 Å². The summed E-state index contributed by atoms with van der Waals surface area (Å²) in [5, 5.41) is 11.4. The highest BCUT2D eigenvalue weighted by atomic mass is 16.3. The fourth-order valence-corrected chi connectivity index (χ4v) is 7.30. The number of hydrogen-bond acceptors (Lipinski definition) is 6. The third-order valence-corrected chi connectivity index (χ3v) is 10.3. The average Bonchev–Trinajstić information content (AvgIpc) is 3.67. The van der Waals surface area contributed by atoms with Crippen LogP contribution in [0.3, 0.4) is 0 Å². The van der Waals surface area contributed by atoms with E-state index < -0.39 is 0 Å². The summed E-state index contributed by atoms with van der Waals surface area (Å²) in [5.41, 5.74) is 13.2. The lowest BCUT2D eigenvalue weighted by Crippen LogP contribution is -2.00. The van der Waals surface area contributed by atoms with Crippen LogP contribution in [0.1, 0.15) is 5.56 Å². The first kappa shape index (κ1) is 33.6. The van der Waals surface area contributed by atoms with Crippen LogP contribution in [0.2, 0.25) is 0 Å². The van der Waals surface area contributed by atoms with Gasteiger partial charge in [-0.15, -0.1) is 0 Å². The van der Waals surface area contributed by atoms with Crippen molar-refractivity contribution in [2.24, 2.45) is 0 Å². The number of furan rings is 1. The number of rotatable bonds is 7. The molecule has 6 nitrogen and oxygen atoms in total. The molecule has 10 rings (SSSR count). The maximum absolute atomic E-state index is 9.36. The number of fused-ring (bicyclic) bond motifs is 3. The number of benzene rings is 7. The molecule has 0 radical (unpaired) electrons. The van der Waals surface area contributed by atoms with Gasteiger partial charge in [0.05, 0.1) is 11.6 Å². The molecule has 0 amide bonds. The predicted molar refractivity (Wildman–Crippen MR) is 228 cm³/mol. The minimum atomic E-state index is 0.578. The molecule has 266 valence electrons. The van der Waals surface area contributed by atoms with Crippen LogP contribution in [-0.2, 0) is 0 Å². The Balaban J connectivity index is 1.06. The van der Waals surface area contributed by atoms with E-state index in [-0.39, 0.29) is 0 Å². The highest BCUT2D eigenvalue weighted by molar-refractivity contribution is 6.06. The molecule has 0 aliphatic heterocycles. The largest absolute Gasteiger partial charge is 0.456 e. The van der Waals surface area contributed by atoms with Gasteiger partial charge in [0.2, 0.25) is 0 Å². The van der Waals surface area contributed by atoms with Crippen LogP contribution in [0.25, 0.3) is 101 Å². The number of nitrogens with zero attached hydrogens (tertiary/aromatic N) is 5. The van der Waals surface area contributed by atoms with Crippen molar-refractivity contribution in [3.8, 4) is 84.7 Å². The third kappa shape index (κ3) is 6.60. The van der Waals surface area contributed by atoms with Crippen molar-refractivity contribution in [2.75, 3.05) is 0 Å². The minimum absolute atomic E-state index is 0.578. The summed E-state index contributed by atoms with van der Waals surface area (Å²) in [6, 6.07) is 61.8. The quantitative estimate of drug-likeness (QED) is 0.162. The zero-order valence-corrected chi connectivity index (χ0v) is 30.5. The first-order chi connectivity index (χ1) is 28.1. The Morgan fingerprint density at radius 3 is 1.46 bits per heavy atom. The van der Waals surface area contributed by atoms with Gasteiger partial charge in [-0.1, -0.05) is 121 Å². The second-order valence-electron chi connectivity index (χ2n) is 13.9. The standard InChI is InChI=1S/C51H31N5O/c52-31-33-13-23-45-46-24-22-40(30-48(46)57-47(45)26-33)36-14-16-37(17-15-36)42-27-43(41-12-7-25-53-32-41)29-44(28-42)51-55-49(38-10-5-2-6-11-38)54-50(56-51)39-20-18-35(19-21-39)34-8-3-1-4-9-34/h1-30,32H. The highest BCUT2D eigenvalue weighted by Gasteiger charge is 2.16. The zero-order valence-electron chi connectivity index (χ0n) is 30.5. The van der Waals surface area contributed by atoms with Crippen LogP contribution < -0.4 is 0 Å². The van der Waals surface area contributed by atoms with Crippen LogP contribution in [0.5, 0.6) is 0 Å². The molecule has 57 heavy (non-hydrogen) atoms. The van der Waals surface area contributed by atoms with Gasteiger partial charge in [0.25, 0.3) is 0 Å². The fraction of sp³-hybridized carbons (Fsp3) is 0. The van der Waals surface area contributed by atoms with Gasteiger partial charge in [0.15, 0.2) is 17.5 Å². The maximum atomic E-state index is 9.36. The molecule has 0 N–H and O–H groups in total. The molecule has 0 saturated heterocycles. The molecule has 6 heteroatoms. The molecular weight excluding hydrogens is 699 g/mol. The van der Waals surface area contributed by atoms with Crippen LogP contribution in [0.15, 0.2) is 193 Å². The normalized spacial score (nSPS) is 11.1. The molecule has 3 aromatic heterocycles. The first-order valence-electron chi connectivity index (χ1n) is 18.7. The topological polar surface area (TPSA) is 88.5 Å². The molecule has 0 unspecified atom stereocenters. The van der Waals surface area contributed by atoms with E-state index in [1.807, 2.05) is 72.9 Å². The minimum Gasteiger partial charge on any atom is -0.456 e. The van der Waals surface area contributed by atoms with Crippen molar-refractivity contribution >= 4 is 21.9 Å². The summed E-state index contributed by atoms with van der Waals surface area (Å²) < 4.78 is 6.18. The van der Waals surface area contributed by atoms with Crippen molar-refractivity contribution in [3.63, 3.8) is 0 Å². The lowest BCUT2D eigenvalue weighted by atomic mass is 9.95. The van der Waals surface area contributed by atoms with E-state index in [0.717, 1.165) is 77.6 Å². The predicted octanol–water partition coefficient (Wildman–Crippen LogP) is 12.7. The van der Waals surface area contributed by atoms with Crippen molar-refractivity contribution < 1.29 is 4.42 Å². The summed E-state index contributed by atoms with van der Waals surface area (Å²) in [7, 11) is 0. The van der Waals surface area contributed by atoms with Gasteiger partial charge in [-0.3, -0.25) is 4.98 Å². The SMILES string of the molecule is N#Cc1ccc2c(c1)oc1cc(-c3ccc(-c4cc(-c5cccnc5)cc(-c5nc(-c6ccccc6)nc(-c6ccc(-c7ccccc7)cc6)n5)c4)cc3)ccc12. The van der Waals surface area contributed by atoms with Crippen LogP contribution in [0.4, 0.5) is 0 Å². The molecule has 0 fully saturated rings. The third-order valence-electron chi connectivity index (χ3n) is 10.3. The monoisotopic (exact) mass is 729 g/mol. The molecule has 0 bridgehead atoms. The molecule has 0 saturated carbocycles. The van der Waals surface area contributed by atoms with Crippen LogP contribution >= 0.6 is 0 Å². The van der Waals surface area contributed by atoms with Gasteiger partial charge in [-0.25, -0.2) is 15.0 Å². The van der Waals surface area contributed by atoms with Crippen LogP contribution in [0, 0.1) is 11.3 Å². The fourth-order valence-electron chi connectivity index (χ4n) is 7.30. The molecular formula is C51H31N5O. The molecule has 0 aliphatic rings. The van der Waals surface area contributed by atoms with Gasteiger partial charge in [0.1, 0.15) is 11.2 Å². The van der Waals surface area contributed by atoms with E-state index in [9.17, 15) is 5.26 Å². The van der Waals surface area contributed by atoms with E-state index >= 15 is 0 Å². The van der Waals surface area contributed by atoms with Gasteiger partial charge < -0.3 is 4.42 Å². The van der Waals surface area contributed by atoms with E-state index in [4.69, 9.17) is 19.4 Å². The molecule has 0 atom stereocenters. The Kier molecular flexibility index (Phi) is 8.44. The average molecular weight is 730 g/mol. The maximum Gasteiger partial charge on any atom is 0.164 e. The van der Waals surface area contributed by atoms with E-state index in [0.29, 0.717) is 28.6 Å². The van der Waals surface area contributed by atoms with Crippen molar-refractivity contribution in [3.05, 3.63) is 194 Å². The molecule has 10 aromatic rings. The Hall–Kier alpha value is -8.01. The van der Waals surface area contributed by atoms with E-state index in [1.165, 1.54) is 0 Å². The number of hydrogen-bond donors (Lipinski definition) is 0. The number of aromatic nitrogens is 4. The second-order valence-corrected chi connectivity index (χ2v) is 13.9. The highest BCUT2D eigenvalue weighted by Crippen LogP contribution is 2.36. The molecule has 0 aliphatic carbocycles. The summed E-state index contributed by atoms with van der Waals surface area (Å²) in [4.78, 5) is 19.6. The Morgan fingerprint density at radius 1 is 0.368 bits per heavy atom. The van der Waals surface area contributed by atoms with Crippen molar-refractivity contribution in [1.29, 1.82) is 5.26 Å². The Bertz CT molecular complexity index is 3100. The lowest BCUT2D eigenvalue weighted by molar-refractivity contribution is 0.669. The van der Waals surface area contributed by atoms with Crippen molar-refractivity contribution in [1.82, 2.24) is 19.9 Å². The zero-order chi connectivity index (χ0) is 38.1. The first-order valence-corrected chi connectivity index (χ1v) is 18.7. The Labute approximate surface area is 329 Å². The number of pyridine rings is 1. The lowest BCUT2D eigenvalue weighted by Gasteiger charge is -2.13.